The molecule has 6 nitrogen and oxygen atoms in total. The molecule has 0 spiro atoms. The minimum atomic E-state index is -0.638. The van der Waals surface area contributed by atoms with Gasteiger partial charge in [-0.3, -0.25) is 4.79 Å². The zero-order valence-corrected chi connectivity index (χ0v) is 17.7. The highest BCUT2D eigenvalue weighted by atomic mass is 16.5. The minimum Gasteiger partial charge on any atom is -0.497 e. The van der Waals surface area contributed by atoms with Crippen molar-refractivity contribution < 1.29 is 9.47 Å². The third kappa shape index (κ3) is 3.66. The molecule has 0 radical (unpaired) electrons. The van der Waals surface area contributed by atoms with E-state index < -0.39 is 5.92 Å². The molecule has 1 aromatic heterocycles. The van der Waals surface area contributed by atoms with Crippen LogP contribution in [0.1, 0.15) is 33.9 Å². The maximum Gasteiger partial charge on any atom is 0.259 e. The third-order valence-electron chi connectivity index (χ3n) is 5.58. The number of fused-ring (bicyclic) bond motifs is 1. The van der Waals surface area contributed by atoms with Crippen LogP contribution in [0.3, 0.4) is 0 Å². The van der Waals surface area contributed by atoms with Crippen LogP contribution in [-0.4, -0.2) is 11.7 Å². The summed E-state index contributed by atoms with van der Waals surface area (Å²) in [6.07, 6.45) is 0. The Labute approximate surface area is 180 Å². The van der Waals surface area contributed by atoms with Crippen molar-refractivity contribution in [2.45, 2.75) is 26.3 Å². The van der Waals surface area contributed by atoms with Gasteiger partial charge in [0, 0.05) is 11.8 Å². The highest BCUT2D eigenvalue weighted by Crippen LogP contribution is 2.41. The highest BCUT2D eigenvalue weighted by Gasteiger charge is 2.34. The first-order valence-electron chi connectivity index (χ1n) is 9.94. The van der Waals surface area contributed by atoms with Crippen molar-refractivity contribution in [2.24, 2.45) is 5.73 Å². The number of benzene rings is 2. The second-order valence-electron chi connectivity index (χ2n) is 7.64. The normalized spacial score (nSPS) is 15.1. The number of hydrogen-bond donors (Lipinski definition) is 1. The highest BCUT2D eigenvalue weighted by molar-refractivity contribution is 5.56. The summed E-state index contributed by atoms with van der Waals surface area (Å²) in [5, 5.41) is 9.81. The molecule has 1 atom stereocenters. The average molecular weight is 413 g/mol. The fraction of sp³-hybridized carbons (Fsp3) is 0.200. The minimum absolute atomic E-state index is 0.0119. The van der Waals surface area contributed by atoms with Gasteiger partial charge in [0.15, 0.2) is 0 Å². The fourth-order valence-corrected chi connectivity index (χ4v) is 3.91. The predicted octanol–water partition coefficient (Wildman–Crippen LogP) is 3.74. The molecule has 156 valence electrons. The number of methoxy groups -OCH3 is 1. The van der Waals surface area contributed by atoms with E-state index in [1.54, 1.807) is 17.7 Å². The Morgan fingerprint density at radius 3 is 2.58 bits per heavy atom. The molecule has 0 amide bonds. The number of allylic oxidation sites excluding steroid dienone is 1. The van der Waals surface area contributed by atoms with Crippen LogP contribution in [0.25, 0.3) is 0 Å². The summed E-state index contributed by atoms with van der Waals surface area (Å²) in [7, 11) is 1.57. The second-order valence-corrected chi connectivity index (χ2v) is 7.64. The summed E-state index contributed by atoms with van der Waals surface area (Å²) in [5.74, 6) is 0.389. The van der Waals surface area contributed by atoms with Crippen molar-refractivity contribution in [3.8, 4) is 17.6 Å². The van der Waals surface area contributed by atoms with E-state index >= 15 is 0 Å². The summed E-state index contributed by atoms with van der Waals surface area (Å²) in [6, 6.07) is 19.3. The average Bonchev–Trinajstić information content (AvgIpc) is 2.77. The molecule has 6 heteroatoms. The molecule has 3 aromatic rings. The molecule has 0 fully saturated rings. The molecule has 0 aliphatic carbocycles. The number of nitrogens with two attached hydrogens (primary N) is 1. The Kier molecular flexibility index (Phi) is 5.26. The molecular formula is C25H23N3O3. The zero-order valence-electron chi connectivity index (χ0n) is 17.7. The van der Waals surface area contributed by atoms with Crippen LogP contribution in [0, 0.1) is 25.2 Å². The molecular weight excluding hydrogens is 390 g/mol. The molecule has 0 bridgehead atoms. The van der Waals surface area contributed by atoms with Crippen LogP contribution < -0.4 is 20.8 Å². The standard InChI is InChI=1S/C25H23N3O3/c1-15-7-9-17(10-8-15)14-28-16(2)11-21-23(25(28)29)22(20(13-26)24(27)31-21)18-5-4-6-19(12-18)30-3/h4-12,22H,14,27H2,1-3H3/t22-/m0/s1. The lowest BCUT2D eigenvalue weighted by atomic mass is 9.84. The van der Waals surface area contributed by atoms with E-state index in [0.29, 0.717) is 23.6 Å². The lowest BCUT2D eigenvalue weighted by Gasteiger charge is -2.27. The van der Waals surface area contributed by atoms with Gasteiger partial charge in [0.05, 0.1) is 25.1 Å². The van der Waals surface area contributed by atoms with E-state index in [0.717, 1.165) is 22.4 Å². The summed E-state index contributed by atoms with van der Waals surface area (Å²) < 4.78 is 12.8. The predicted molar refractivity (Wildman–Crippen MR) is 118 cm³/mol. The van der Waals surface area contributed by atoms with Crippen LogP contribution in [0.5, 0.6) is 11.5 Å². The topological polar surface area (TPSA) is 90.3 Å². The Morgan fingerprint density at radius 1 is 1.16 bits per heavy atom. The van der Waals surface area contributed by atoms with Gasteiger partial charge in [-0.05, 0) is 37.1 Å². The molecule has 0 unspecified atom stereocenters. The molecule has 2 N–H and O–H groups in total. The SMILES string of the molecule is COc1cccc([C@H]2C(C#N)=C(N)Oc3cc(C)n(Cc4ccc(C)cc4)c(=O)c32)c1. The third-order valence-corrected chi connectivity index (χ3v) is 5.58. The summed E-state index contributed by atoms with van der Waals surface area (Å²) >= 11 is 0. The quantitative estimate of drug-likeness (QED) is 0.704. The first-order chi connectivity index (χ1) is 14.9. The maximum absolute atomic E-state index is 13.7. The van der Waals surface area contributed by atoms with E-state index in [-0.39, 0.29) is 17.0 Å². The molecule has 4 rings (SSSR count). The van der Waals surface area contributed by atoms with E-state index in [1.807, 2.05) is 62.4 Å². The van der Waals surface area contributed by atoms with Gasteiger partial charge < -0.3 is 19.8 Å². The molecule has 1 aliphatic heterocycles. The molecule has 2 heterocycles. The molecule has 0 saturated heterocycles. The zero-order chi connectivity index (χ0) is 22.1. The van der Waals surface area contributed by atoms with Gasteiger partial charge in [-0.25, -0.2) is 0 Å². The monoisotopic (exact) mass is 413 g/mol. The van der Waals surface area contributed by atoms with E-state index in [4.69, 9.17) is 15.2 Å². The van der Waals surface area contributed by atoms with Crippen molar-refractivity contribution in [3.63, 3.8) is 0 Å². The fourth-order valence-electron chi connectivity index (χ4n) is 3.91. The van der Waals surface area contributed by atoms with Gasteiger partial charge in [0.1, 0.15) is 23.1 Å². The van der Waals surface area contributed by atoms with Gasteiger partial charge in [-0.2, -0.15) is 5.26 Å². The first kappa shape index (κ1) is 20.3. The Morgan fingerprint density at radius 2 is 1.90 bits per heavy atom. The van der Waals surface area contributed by atoms with Crippen LogP contribution in [0.4, 0.5) is 0 Å². The smallest absolute Gasteiger partial charge is 0.259 e. The molecule has 1 aliphatic rings. The van der Waals surface area contributed by atoms with Crippen LogP contribution >= 0.6 is 0 Å². The first-order valence-corrected chi connectivity index (χ1v) is 9.94. The van der Waals surface area contributed by atoms with Crippen molar-refractivity contribution in [1.29, 1.82) is 5.26 Å². The number of nitrogens with zero attached hydrogens (tertiary/aromatic N) is 2. The summed E-state index contributed by atoms with van der Waals surface area (Å²) in [5.41, 5.74) is 10.1. The summed E-state index contributed by atoms with van der Waals surface area (Å²) in [4.78, 5) is 13.7. The van der Waals surface area contributed by atoms with Gasteiger partial charge in [-0.15, -0.1) is 0 Å². The van der Waals surface area contributed by atoms with E-state index in [9.17, 15) is 10.1 Å². The number of pyridine rings is 1. The van der Waals surface area contributed by atoms with Gasteiger partial charge in [0.2, 0.25) is 5.88 Å². The number of ether oxygens (including phenoxy) is 2. The van der Waals surface area contributed by atoms with Crippen LogP contribution in [-0.2, 0) is 6.54 Å². The van der Waals surface area contributed by atoms with Crippen molar-refractivity contribution in [3.05, 3.63) is 104 Å². The number of nitriles is 1. The lowest BCUT2D eigenvalue weighted by molar-refractivity contribution is 0.388. The Bertz CT molecular complexity index is 1280. The number of aryl methyl sites for hydroxylation is 2. The van der Waals surface area contributed by atoms with Gasteiger partial charge in [-0.1, -0.05) is 42.0 Å². The molecule has 31 heavy (non-hydrogen) atoms. The molecule has 0 saturated carbocycles. The van der Waals surface area contributed by atoms with Crippen LogP contribution in [0.15, 0.2) is 70.8 Å². The van der Waals surface area contributed by atoms with Crippen molar-refractivity contribution >= 4 is 0 Å². The molecule has 2 aromatic carbocycles. The lowest BCUT2D eigenvalue weighted by Crippen LogP contribution is -2.33. The number of aromatic nitrogens is 1. The van der Waals surface area contributed by atoms with Crippen molar-refractivity contribution in [2.75, 3.05) is 7.11 Å². The van der Waals surface area contributed by atoms with Crippen LogP contribution in [0.2, 0.25) is 0 Å². The Hall–Kier alpha value is -3.98. The summed E-state index contributed by atoms with van der Waals surface area (Å²) in [6.45, 7) is 4.31. The van der Waals surface area contributed by atoms with E-state index in [2.05, 4.69) is 6.07 Å². The largest absolute Gasteiger partial charge is 0.497 e. The second kappa shape index (κ2) is 8.04. The maximum atomic E-state index is 13.7. The van der Waals surface area contributed by atoms with Gasteiger partial charge >= 0.3 is 0 Å². The van der Waals surface area contributed by atoms with Gasteiger partial charge in [0.25, 0.3) is 5.56 Å². The Balaban J connectivity index is 1.91. The number of rotatable bonds is 4. The number of hydrogen-bond acceptors (Lipinski definition) is 5. The van der Waals surface area contributed by atoms with E-state index in [1.165, 1.54) is 0 Å². The van der Waals surface area contributed by atoms with Crippen molar-refractivity contribution in [1.82, 2.24) is 4.57 Å².